The minimum Gasteiger partial charge on any atom is -0.624 e. The quantitative estimate of drug-likeness (QED) is 0.231. The highest BCUT2D eigenvalue weighted by Crippen LogP contribution is 2.14. The second-order valence-electron chi connectivity index (χ2n) is 4.66. The average molecular weight is 410 g/mol. The predicted octanol–water partition coefficient (Wildman–Crippen LogP) is 0.171. The molecule has 0 saturated heterocycles. The molecule has 2 aromatic rings. The van der Waals surface area contributed by atoms with Gasteiger partial charge in [-0.2, -0.15) is 16.8 Å². The van der Waals surface area contributed by atoms with Gasteiger partial charge in [0.25, 0.3) is 5.09 Å². The van der Waals surface area contributed by atoms with Crippen LogP contribution in [0.1, 0.15) is 11.1 Å². The van der Waals surface area contributed by atoms with Crippen LogP contribution in [0.2, 0.25) is 0 Å². The molecule has 0 radical (unpaired) electrons. The van der Waals surface area contributed by atoms with Gasteiger partial charge in [0.2, 0.25) is 5.09 Å². The molecule has 144 valence electrons. The molecule has 2 N–H and O–H groups in total. The molecule has 0 aliphatic carbocycles. The third-order valence-electron chi connectivity index (χ3n) is 2.39. The van der Waals surface area contributed by atoms with E-state index < -0.39 is 30.4 Å². The van der Waals surface area contributed by atoms with Crippen LogP contribution in [-0.2, 0) is 20.2 Å². The van der Waals surface area contributed by atoms with Crippen LogP contribution in [0, 0.1) is 10.4 Å². The first kappa shape index (κ1) is 21.4. The summed E-state index contributed by atoms with van der Waals surface area (Å²) >= 11 is 0. The van der Waals surface area contributed by atoms with Gasteiger partial charge in [0, 0.05) is 6.07 Å². The summed E-state index contributed by atoms with van der Waals surface area (Å²) in [6, 6.07) is 2.31. The molecule has 0 aliphatic rings. The minimum absolute atomic E-state index is 0.0139. The van der Waals surface area contributed by atoms with Gasteiger partial charge in [0.1, 0.15) is 20.4 Å². The lowest BCUT2D eigenvalue weighted by Gasteiger charge is -1.94. The lowest BCUT2D eigenvalue weighted by atomic mass is 10.4. The maximum atomic E-state index is 10.6. The fraction of sp³-hybridized carbons (Fsp3) is 0.167. The van der Waals surface area contributed by atoms with E-state index in [4.69, 9.17) is 9.11 Å². The van der Waals surface area contributed by atoms with Gasteiger partial charge in [-0.1, -0.05) is 0 Å². The summed E-state index contributed by atoms with van der Waals surface area (Å²) < 4.78 is 69.2. The number of rotatable bonds is 4. The van der Waals surface area contributed by atoms with Crippen LogP contribution in [0.3, 0.4) is 0 Å². The lowest BCUT2D eigenvalue weighted by molar-refractivity contribution is -0.416. The van der Waals surface area contributed by atoms with Crippen LogP contribution in [0.5, 0.6) is 0 Å². The zero-order valence-corrected chi connectivity index (χ0v) is 15.0. The van der Waals surface area contributed by atoms with Crippen molar-refractivity contribution in [2.75, 3.05) is 14.1 Å². The van der Waals surface area contributed by atoms with Crippen molar-refractivity contribution in [1.29, 1.82) is 0 Å². The van der Waals surface area contributed by atoms with Gasteiger partial charge in [-0.3, -0.25) is 9.11 Å². The molecule has 26 heavy (non-hydrogen) atoms. The van der Waals surface area contributed by atoms with Crippen LogP contribution < -0.4 is 0 Å². The first-order valence-electron chi connectivity index (χ1n) is 6.41. The van der Waals surface area contributed by atoms with Gasteiger partial charge in [-0.05, 0) is 6.07 Å². The average Bonchev–Trinajstić information content (AvgIpc) is 3.05. The van der Waals surface area contributed by atoms with Gasteiger partial charge in [0.05, 0.1) is 17.4 Å². The van der Waals surface area contributed by atoms with Gasteiger partial charge < -0.3 is 19.2 Å². The number of nitrogens with zero attached hydrogens (tertiary/aromatic N) is 2. The summed E-state index contributed by atoms with van der Waals surface area (Å²) in [7, 11) is -6.31. The molecule has 14 heteroatoms. The number of hydrogen-bond acceptors (Lipinski definition) is 8. The highest BCUT2D eigenvalue weighted by Gasteiger charge is 2.19. The van der Waals surface area contributed by atoms with Crippen molar-refractivity contribution in [3.63, 3.8) is 0 Å². The third-order valence-corrected chi connectivity index (χ3v) is 3.92. The monoisotopic (exact) mass is 410 g/mol. The molecule has 0 bridgehead atoms. The van der Waals surface area contributed by atoms with Crippen LogP contribution in [-0.4, -0.2) is 61.9 Å². The summed E-state index contributed by atoms with van der Waals surface area (Å²) in [6.07, 6.45) is 4.21. The Morgan fingerprint density at radius 3 is 2.00 bits per heavy atom. The molecule has 0 amide bonds. The summed E-state index contributed by atoms with van der Waals surface area (Å²) in [5, 5.41) is 19.8. The van der Waals surface area contributed by atoms with Crippen molar-refractivity contribution < 1.29 is 44.3 Å². The Balaban J connectivity index is 0.000000260. The van der Waals surface area contributed by atoms with Crippen molar-refractivity contribution in [2.45, 2.75) is 10.2 Å². The first-order chi connectivity index (χ1) is 11.8. The number of hydroxylamine groups is 2. The predicted molar refractivity (Wildman–Crippen MR) is 86.5 cm³/mol. The smallest absolute Gasteiger partial charge is 0.329 e. The molecule has 2 rings (SSSR count). The van der Waals surface area contributed by atoms with E-state index >= 15 is 0 Å². The first-order valence-corrected chi connectivity index (χ1v) is 9.29. The summed E-state index contributed by atoms with van der Waals surface area (Å²) in [5.74, 6) is 0. The van der Waals surface area contributed by atoms with Crippen LogP contribution >= 0.6 is 0 Å². The topological polar surface area (TPSA) is 187 Å². The molecule has 2 aromatic heterocycles. The Hall–Kier alpha value is -2.68. The second kappa shape index (κ2) is 8.13. The minimum atomic E-state index is -4.40. The van der Waals surface area contributed by atoms with E-state index in [0.29, 0.717) is 9.48 Å². The van der Waals surface area contributed by atoms with Crippen molar-refractivity contribution in [1.82, 2.24) is 0 Å². The SMILES string of the molecule is C[N+]([O-])=Cc1ccoc1S(=O)(=O)O.C[N+]([O-])=Cc1coc(S(=O)(=O)O)c1. The fourth-order valence-corrected chi connectivity index (χ4v) is 2.60. The summed E-state index contributed by atoms with van der Waals surface area (Å²) in [6.45, 7) is 0. The molecule has 0 unspecified atom stereocenters. The third kappa shape index (κ3) is 6.67. The van der Waals surface area contributed by atoms with Crippen LogP contribution in [0.15, 0.2) is 43.7 Å². The Bertz CT molecular complexity index is 1020. The zero-order valence-electron chi connectivity index (χ0n) is 13.3. The Labute approximate surface area is 148 Å². The van der Waals surface area contributed by atoms with Crippen molar-refractivity contribution in [3.8, 4) is 0 Å². The van der Waals surface area contributed by atoms with E-state index in [9.17, 15) is 27.3 Å². The Morgan fingerprint density at radius 2 is 1.58 bits per heavy atom. The molecule has 0 fully saturated rings. The molecule has 0 saturated carbocycles. The van der Waals surface area contributed by atoms with Crippen LogP contribution in [0.4, 0.5) is 0 Å². The molecule has 2 heterocycles. The van der Waals surface area contributed by atoms with E-state index in [0.717, 1.165) is 31.0 Å². The molecular weight excluding hydrogens is 396 g/mol. The number of furan rings is 2. The van der Waals surface area contributed by atoms with E-state index in [2.05, 4.69) is 8.83 Å². The van der Waals surface area contributed by atoms with E-state index in [1.165, 1.54) is 20.2 Å². The molecule has 0 aliphatic heterocycles. The molecular formula is C12H14N2O10S2. The largest absolute Gasteiger partial charge is 0.624 e. The standard InChI is InChI=1S/2C6H7NO5S/c1-7(8)3-5-2-6(12-4-5)13(9,10)11;1-7(8)4-5-2-3-12-6(5)13(9,10)11/h2*2-4H,1H3,(H,9,10,11). The van der Waals surface area contributed by atoms with Gasteiger partial charge in [0.15, 0.2) is 12.4 Å². The van der Waals surface area contributed by atoms with Crippen LogP contribution in [0.25, 0.3) is 0 Å². The fourth-order valence-electron chi connectivity index (χ4n) is 1.55. The van der Waals surface area contributed by atoms with E-state index in [1.54, 1.807) is 0 Å². The van der Waals surface area contributed by atoms with Crippen molar-refractivity contribution in [2.24, 2.45) is 0 Å². The van der Waals surface area contributed by atoms with Crippen molar-refractivity contribution >= 4 is 32.7 Å². The van der Waals surface area contributed by atoms with Gasteiger partial charge >= 0.3 is 20.2 Å². The Kier molecular flexibility index (Phi) is 6.68. The zero-order chi connectivity index (χ0) is 20.1. The molecule has 0 atom stereocenters. The second-order valence-corrected chi connectivity index (χ2v) is 7.34. The summed E-state index contributed by atoms with van der Waals surface area (Å²) in [5.41, 5.74) is 0.283. The van der Waals surface area contributed by atoms with Gasteiger partial charge in [-0.25, -0.2) is 9.48 Å². The molecule has 0 spiro atoms. The van der Waals surface area contributed by atoms with E-state index in [-0.39, 0.29) is 11.1 Å². The Morgan fingerprint density at radius 1 is 1.00 bits per heavy atom. The van der Waals surface area contributed by atoms with E-state index in [1.807, 2.05) is 0 Å². The highest BCUT2D eigenvalue weighted by atomic mass is 32.2. The molecule has 0 aromatic carbocycles. The highest BCUT2D eigenvalue weighted by molar-refractivity contribution is 7.86. The van der Waals surface area contributed by atoms with Crippen molar-refractivity contribution in [3.05, 3.63) is 46.2 Å². The van der Waals surface area contributed by atoms with Gasteiger partial charge in [-0.15, -0.1) is 0 Å². The number of hydrogen-bond donors (Lipinski definition) is 2. The lowest BCUT2D eigenvalue weighted by Crippen LogP contribution is -2.03. The summed E-state index contributed by atoms with van der Waals surface area (Å²) in [4.78, 5) is 0. The maximum absolute atomic E-state index is 10.6. The maximum Gasteiger partial charge on any atom is 0.329 e. The normalized spacial score (nSPS) is 13.2. The molecule has 12 nitrogen and oxygen atoms in total.